The van der Waals surface area contributed by atoms with Crippen LogP contribution in [0.5, 0.6) is 5.75 Å². The van der Waals surface area contributed by atoms with E-state index in [0.717, 1.165) is 41.8 Å². The second kappa shape index (κ2) is 12.8. The maximum atomic E-state index is 13.6. The minimum absolute atomic E-state index is 0.112. The first-order valence-corrected chi connectivity index (χ1v) is 14.3. The number of sulfonamides is 1. The predicted molar refractivity (Wildman–Crippen MR) is 142 cm³/mol. The third-order valence-electron chi connectivity index (χ3n) is 6.64. The minimum atomic E-state index is -3.81. The Morgan fingerprint density at radius 3 is 2.31 bits per heavy atom. The van der Waals surface area contributed by atoms with Gasteiger partial charge in [0.2, 0.25) is 21.8 Å². The van der Waals surface area contributed by atoms with E-state index in [0.29, 0.717) is 12.2 Å². The number of rotatable bonds is 11. The molecular formula is C27H37N3O5S. The smallest absolute Gasteiger partial charge is 0.244 e. The van der Waals surface area contributed by atoms with Crippen LogP contribution < -0.4 is 14.4 Å². The van der Waals surface area contributed by atoms with Crippen LogP contribution in [-0.4, -0.2) is 63.7 Å². The molecule has 2 aromatic rings. The zero-order valence-electron chi connectivity index (χ0n) is 21.4. The number of ether oxygens (including phenoxy) is 1. The Hall–Kier alpha value is -3.07. The number of hydrogen-bond donors (Lipinski definition) is 1. The van der Waals surface area contributed by atoms with Crippen molar-refractivity contribution in [3.05, 3.63) is 60.2 Å². The van der Waals surface area contributed by atoms with E-state index in [1.807, 2.05) is 30.3 Å². The van der Waals surface area contributed by atoms with E-state index in [1.165, 1.54) is 18.4 Å². The number of amides is 2. The summed E-state index contributed by atoms with van der Waals surface area (Å²) in [6, 6.07) is 15.7. The maximum Gasteiger partial charge on any atom is 0.244 e. The number of methoxy groups -OCH3 is 1. The lowest BCUT2D eigenvalue weighted by Gasteiger charge is -2.33. The molecule has 0 bridgehead atoms. The Labute approximate surface area is 214 Å². The molecule has 0 heterocycles. The molecule has 1 aliphatic carbocycles. The van der Waals surface area contributed by atoms with Crippen LogP contribution in [0.4, 0.5) is 5.69 Å². The lowest BCUT2D eigenvalue weighted by Crippen LogP contribution is -2.53. The van der Waals surface area contributed by atoms with Crippen LogP contribution in [-0.2, 0) is 26.0 Å². The number of nitrogens with one attached hydrogen (secondary N) is 1. The lowest BCUT2D eigenvalue weighted by molar-refractivity contribution is -0.139. The van der Waals surface area contributed by atoms with Crippen molar-refractivity contribution in [3.8, 4) is 5.75 Å². The highest BCUT2D eigenvalue weighted by molar-refractivity contribution is 7.92. The van der Waals surface area contributed by atoms with Gasteiger partial charge in [-0.3, -0.25) is 13.9 Å². The van der Waals surface area contributed by atoms with Gasteiger partial charge in [0.25, 0.3) is 0 Å². The summed E-state index contributed by atoms with van der Waals surface area (Å²) in [6.07, 6.45) is 6.81. The van der Waals surface area contributed by atoms with Gasteiger partial charge < -0.3 is 15.0 Å². The lowest BCUT2D eigenvalue weighted by atomic mass is 9.95. The topological polar surface area (TPSA) is 96.0 Å². The molecule has 2 aromatic carbocycles. The van der Waals surface area contributed by atoms with Crippen molar-refractivity contribution in [3.63, 3.8) is 0 Å². The Morgan fingerprint density at radius 1 is 1.03 bits per heavy atom. The molecule has 2 amide bonds. The minimum Gasteiger partial charge on any atom is -0.495 e. The van der Waals surface area contributed by atoms with Crippen molar-refractivity contribution >= 4 is 27.5 Å². The first-order chi connectivity index (χ1) is 17.2. The molecule has 9 heteroatoms. The molecule has 196 valence electrons. The number of nitrogens with zero attached hydrogens (tertiary/aromatic N) is 2. The summed E-state index contributed by atoms with van der Waals surface area (Å²) in [5, 5.41) is 3.10. The van der Waals surface area contributed by atoms with Crippen molar-refractivity contribution in [2.24, 2.45) is 0 Å². The van der Waals surface area contributed by atoms with E-state index in [2.05, 4.69) is 5.32 Å². The summed E-state index contributed by atoms with van der Waals surface area (Å²) in [7, 11) is -2.36. The third kappa shape index (κ3) is 7.46. The van der Waals surface area contributed by atoms with E-state index in [9.17, 15) is 18.0 Å². The molecule has 0 aliphatic heterocycles. The molecule has 0 saturated heterocycles. The van der Waals surface area contributed by atoms with E-state index >= 15 is 0 Å². The largest absolute Gasteiger partial charge is 0.495 e. The zero-order valence-corrected chi connectivity index (χ0v) is 22.2. The number of hydrogen-bond acceptors (Lipinski definition) is 5. The highest BCUT2D eigenvalue weighted by Crippen LogP contribution is 2.29. The summed E-state index contributed by atoms with van der Waals surface area (Å²) in [5.74, 6) is -0.324. The van der Waals surface area contributed by atoms with Gasteiger partial charge in [-0.25, -0.2) is 8.42 Å². The molecule has 0 aromatic heterocycles. The van der Waals surface area contributed by atoms with Crippen LogP contribution in [0.15, 0.2) is 54.6 Å². The second-order valence-electron chi connectivity index (χ2n) is 9.28. The summed E-state index contributed by atoms with van der Waals surface area (Å²) < 4.78 is 31.8. The Bertz CT molecular complexity index is 1120. The van der Waals surface area contributed by atoms with Gasteiger partial charge in [0.05, 0.1) is 19.1 Å². The number of carbonyl (C=O) groups excluding carboxylic acids is 2. The number of benzene rings is 2. The molecule has 0 unspecified atom stereocenters. The molecule has 1 saturated carbocycles. The SMILES string of the molecule is COc1ccccc1N(CC(=O)N(CCc1ccccc1)[C@@H](C)C(=O)NC1CCCCC1)S(C)(=O)=O. The van der Waals surface area contributed by atoms with Gasteiger partial charge in [0.1, 0.15) is 18.3 Å². The third-order valence-corrected chi connectivity index (χ3v) is 7.76. The molecule has 0 spiro atoms. The fourth-order valence-corrected chi connectivity index (χ4v) is 5.42. The Kier molecular flexibility index (Phi) is 9.75. The van der Waals surface area contributed by atoms with Crippen molar-refractivity contribution in [1.29, 1.82) is 0 Å². The first kappa shape index (κ1) is 27.5. The Balaban J connectivity index is 1.84. The Morgan fingerprint density at radius 2 is 1.67 bits per heavy atom. The van der Waals surface area contributed by atoms with Gasteiger partial charge in [0, 0.05) is 12.6 Å². The van der Waals surface area contributed by atoms with Crippen molar-refractivity contribution < 1.29 is 22.7 Å². The average Bonchev–Trinajstić information content (AvgIpc) is 2.87. The van der Waals surface area contributed by atoms with Crippen molar-refractivity contribution in [2.45, 2.75) is 57.5 Å². The van der Waals surface area contributed by atoms with E-state index < -0.39 is 28.5 Å². The van der Waals surface area contributed by atoms with Gasteiger partial charge in [0.15, 0.2) is 0 Å². The van der Waals surface area contributed by atoms with E-state index in [-0.39, 0.29) is 24.2 Å². The second-order valence-corrected chi connectivity index (χ2v) is 11.2. The zero-order chi connectivity index (χ0) is 26.1. The summed E-state index contributed by atoms with van der Waals surface area (Å²) >= 11 is 0. The van der Waals surface area contributed by atoms with Gasteiger partial charge in [-0.2, -0.15) is 0 Å². The first-order valence-electron chi connectivity index (χ1n) is 12.4. The summed E-state index contributed by atoms with van der Waals surface area (Å²) in [4.78, 5) is 28.3. The van der Waals surface area contributed by atoms with Crippen molar-refractivity contribution in [2.75, 3.05) is 30.8 Å². The predicted octanol–water partition coefficient (Wildman–Crippen LogP) is 3.37. The van der Waals surface area contributed by atoms with Crippen LogP contribution in [0.3, 0.4) is 0 Å². The maximum absolute atomic E-state index is 13.6. The fourth-order valence-electron chi connectivity index (χ4n) is 4.57. The van der Waals surface area contributed by atoms with Crippen LogP contribution in [0.2, 0.25) is 0 Å². The highest BCUT2D eigenvalue weighted by atomic mass is 32.2. The highest BCUT2D eigenvalue weighted by Gasteiger charge is 2.31. The number of anilines is 1. The molecule has 36 heavy (non-hydrogen) atoms. The summed E-state index contributed by atoms with van der Waals surface area (Å²) in [6.45, 7) is 1.55. The molecule has 8 nitrogen and oxygen atoms in total. The van der Waals surface area contributed by atoms with Crippen LogP contribution in [0, 0.1) is 0 Å². The average molecular weight is 516 g/mol. The number of carbonyl (C=O) groups is 2. The fraction of sp³-hybridized carbons (Fsp3) is 0.481. The molecule has 1 N–H and O–H groups in total. The van der Waals surface area contributed by atoms with Crippen molar-refractivity contribution in [1.82, 2.24) is 10.2 Å². The monoisotopic (exact) mass is 515 g/mol. The van der Waals surface area contributed by atoms with Gasteiger partial charge in [-0.1, -0.05) is 61.7 Å². The molecule has 3 rings (SSSR count). The van der Waals surface area contributed by atoms with Crippen LogP contribution >= 0.6 is 0 Å². The molecule has 1 atom stereocenters. The molecule has 1 fully saturated rings. The summed E-state index contributed by atoms with van der Waals surface area (Å²) in [5.41, 5.74) is 1.30. The molecule has 1 aliphatic rings. The molecule has 0 radical (unpaired) electrons. The normalized spacial score (nSPS) is 15.1. The molecular weight excluding hydrogens is 478 g/mol. The van der Waals surface area contributed by atoms with Crippen LogP contribution in [0.1, 0.15) is 44.6 Å². The standard InChI is InChI=1S/C27H37N3O5S/c1-21(27(32)28-23-14-8-5-9-15-23)29(19-18-22-12-6-4-7-13-22)26(31)20-30(36(3,33)34)24-16-10-11-17-25(24)35-2/h4,6-7,10-13,16-17,21,23H,5,8-9,14-15,18-20H2,1-3H3,(H,28,32)/t21-/m0/s1. The quantitative estimate of drug-likeness (QED) is 0.495. The van der Waals surface area contributed by atoms with E-state index in [1.54, 1.807) is 31.2 Å². The van der Waals surface area contributed by atoms with Crippen LogP contribution in [0.25, 0.3) is 0 Å². The van der Waals surface area contributed by atoms with E-state index in [4.69, 9.17) is 4.74 Å². The van der Waals surface area contributed by atoms with Gasteiger partial charge >= 0.3 is 0 Å². The number of para-hydroxylation sites is 2. The van der Waals surface area contributed by atoms with Gasteiger partial charge in [-0.15, -0.1) is 0 Å². The van der Waals surface area contributed by atoms with Gasteiger partial charge in [-0.05, 0) is 43.9 Å².